The maximum Gasteiger partial charge on any atom is 0.0943 e. The molecule has 1 aromatic heterocycles. The molecule has 1 N–H and O–H groups in total. The van der Waals surface area contributed by atoms with Crippen LogP contribution in [0.5, 0.6) is 0 Å². The molecule has 0 aliphatic heterocycles. The van der Waals surface area contributed by atoms with E-state index in [1.807, 2.05) is 17.8 Å². The molecule has 0 aliphatic carbocycles. The van der Waals surface area contributed by atoms with Gasteiger partial charge in [-0.3, -0.25) is 0 Å². The number of aliphatic hydroxyl groups is 1. The van der Waals surface area contributed by atoms with E-state index < -0.39 is 0 Å². The fourth-order valence-electron chi connectivity index (χ4n) is 0.326. The van der Waals surface area contributed by atoms with Crippen molar-refractivity contribution in [1.29, 1.82) is 0 Å². The number of aryl methyl sites for hydroxylation is 1. The normalized spacial score (nSPS) is 7.38. The van der Waals surface area contributed by atoms with E-state index >= 15 is 0 Å². The minimum atomic E-state index is 1.00. The first-order chi connectivity index (χ1) is 3.89. The molecular formula is C5H10N2O. The van der Waals surface area contributed by atoms with Crippen molar-refractivity contribution in [1.82, 2.24) is 9.55 Å². The first-order valence-electron chi connectivity index (χ1n) is 2.26. The Kier molecular flexibility index (Phi) is 3.88. The Morgan fingerprint density at radius 1 is 1.50 bits per heavy atom. The van der Waals surface area contributed by atoms with E-state index in [9.17, 15) is 0 Å². The largest absolute Gasteiger partial charge is 0.400 e. The summed E-state index contributed by atoms with van der Waals surface area (Å²) in [5, 5.41) is 7.00. The van der Waals surface area contributed by atoms with Crippen LogP contribution in [-0.4, -0.2) is 21.8 Å². The quantitative estimate of drug-likeness (QED) is 0.516. The van der Waals surface area contributed by atoms with Gasteiger partial charge in [-0.05, 0) is 0 Å². The highest BCUT2D eigenvalue weighted by atomic mass is 16.2. The third-order valence-corrected chi connectivity index (χ3v) is 0.637. The molecule has 0 saturated carbocycles. The van der Waals surface area contributed by atoms with E-state index in [1.165, 1.54) is 0 Å². The summed E-state index contributed by atoms with van der Waals surface area (Å²) in [5.74, 6) is 0. The average molecular weight is 114 g/mol. The maximum absolute atomic E-state index is 7.00. The third kappa shape index (κ3) is 2.36. The first kappa shape index (κ1) is 7.17. The van der Waals surface area contributed by atoms with Gasteiger partial charge in [0.2, 0.25) is 0 Å². The Hall–Kier alpha value is -0.830. The molecule has 0 bridgehead atoms. The first-order valence-corrected chi connectivity index (χ1v) is 2.26. The Bertz CT molecular complexity index is 114. The van der Waals surface area contributed by atoms with E-state index in [1.54, 1.807) is 12.5 Å². The van der Waals surface area contributed by atoms with Gasteiger partial charge in [-0.25, -0.2) is 4.98 Å². The third-order valence-electron chi connectivity index (χ3n) is 0.637. The summed E-state index contributed by atoms with van der Waals surface area (Å²) in [7, 11) is 2.94. The highest BCUT2D eigenvalue weighted by Crippen LogP contribution is 1.73. The molecule has 1 heterocycles. The number of hydrogen-bond donors (Lipinski definition) is 1. The Balaban J connectivity index is 0.000000222. The van der Waals surface area contributed by atoms with Crippen molar-refractivity contribution >= 4 is 0 Å². The molecule has 8 heavy (non-hydrogen) atoms. The molecule has 0 atom stereocenters. The van der Waals surface area contributed by atoms with Gasteiger partial charge in [0.05, 0.1) is 6.33 Å². The summed E-state index contributed by atoms with van der Waals surface area (Å²) in [6.07, 6.45) is 5.39. The summed E-state index contributed by atoms with van der Waals surface area (Å²) in [6, 6.07) is 0. The molecule has 1 rings (SSSR count). The topological polar surface area (TPSA) is 38.0 Å². The second kappa shape index (κ2) is 4.33. The van der Waals surface area contributed by atoms with E-state index in [4.69, 9.17) is 5.11 Å². The fraction of sp³-hybridized carbons (Fsp3) is 0.400. The summed E-state index contributed by atoms with van der Waals surface area (Å²) in [4.78, 5) is 3.78. The van der Waals surface area contributed by atoms with Crippen LogP contribution in [0.1, 0.15) is 0 Å². The molecule has 0 unspecified atom stereocenters. The van der Waals surface area contributed by atoms with Crippen molar-refractivity contribution in [2.75, 3.05) is 7.11 Å². The Labute approximate surface area is 48.6 Å². The van der Waals surface area contributed by atoms with Crippen molar-refractivity contribution in [3.63, 3.8) is 0 Å². The van der Waals surface area contributed by atoms with Gasteiger partial charge in [-0.1, -0.05) is 0 Å². The van der Waals surface area contributed by atoms with Crippen LogP contribution in [0, 0.1) is 0 Å². The number of imidazole rings is 1. The van der Waals surface area contributed by atoms with Crippen molar-refractivity contribution in [3.8, 4) is 0 Å². The molecule has 0 aromatic carbocycles. The lowest BCUT2D eigenvalue weighted by atomic mass is 10.9. The summed E-state index contributed by atoms with van der Waals surface area (Å²) >= 11 is 0. The summed E-state index contributed by atoms with van der Waals surface area (Å²) < 4.78 is 1.89. The lowest BCUT2D eigenvalue weighted by Gasteiger charge is -1.76. The molecule has 3 nitrogen and oxygen atoms in total. The van der Waals surface area contributed by atoms with E-state index in [0.717, 1.165) is 7.11 Å². The molecule has 0 aliphatic rings. The van der Waals surface area contributed by atoms with Crippen LogP contribution < -0.4 is 0 Å². The monoisotopic (exact) mass is 114 g/mol. The van der Waals surface area contributed by atoms with Crippen LogP contribution in [0.3, 0.4) is 0 Å². The van der Waals surface area contributed by atoms with Gasteiger partial charge in [0.15, 0.2) is 0 Å². The second-order valence-corrected chi connectivity index (χ2v) is 1.23. The molecule has 0 spiro atoms. The van der Waals surface area contributed by atoms with Crippen molar-refractivity contribution in [3.05, 3.63) is 18.7 Å². The fourth-order valence-corrected chi connectivity index (χ4v) is 0.326. The zero-order valence-electron chi connectivity index (χ0n) is 5.07. The molecule has 1 aromatic rings. The van der Waals surface area contributed by atoms with Crippen molar-refractivity contribution < 1.29 is 5.11 Å². The molecule has 0 radical (unpaired) electrons. The molecule has 46 valence electrons. The summed E-state index contributed by atoms with van der Waals surface area (Å²) in [6.45, 7) is 0. The minimum absolute atomic E-state index is 1.00. The molecule has 0 amide bonds. The van der Waals surface area contributed by atoms with Crippen LogP contribution >= 0.6 is 0 Å². The van der Waals surface area contributed by atoms with Crippen LogP contribution in [0.4, 0.5) is 0 Å². The lowest BCUT2D eigenvalue weighted by Crippen LogP contribution is -1.76. The van der Waals surface area contributed by atoms with Crippen LogP contribution in [0.15, 0.2) is 18.7 Å². The van der Waals surface area contributed by atoms with Crippen molar-refractivity contribution in [2.24, 2.45) is 7.05 Å². The van der Waals surface area contributed by atoms with Gasteiger partial charge in [0.1, 0.15) is 0 Å². The Morgan fingerprint density at radius 3 is 2.25 bits per heavy atom. The van der Waals surface area contributed by atoms with Crippen LogP contribution in [0.2, 0.25) is 0 Å². The van der Waals surface area contributed by atoms with Gasteiger partial charge in [0.25, 0.3) is 0 Å². The van der Waals surface area contributed by atoms with E-state index in [0.29, 0.717) is 0 Å². The number of rotatable bonds is 0. The zero-order chi connectivity index (χ0) is 6.41. The standard InChI is InChI=1S/C4H6N2.CH4O/c1-6-3-2-5-4-6;1-2/h2-4H,1H3;2H,1H3. The second-order valence-electron chi connectivity index (χ2n) is 1.23. The predicted molar refractivity (Wildman–Crippen MR) is 31.4 cm³/mol. The lowest BCUT2D eigenvalue weighted by molar-refractivity contribution is 0.399. The summed E-state index contributed by atoms with van der Waals surface area (Å²) in [5.41, 5.74) is 0. The predicted octanol–water partition coefficient (Wildman–Crippen LogP) is 0.0286. The maximum atomic E-state index is 7.00. The molecule has 0 fully saturated rings. The SMILES string of the molecule is CO.Cn1ccnc1. The minimum Gasteiger partial charge on any atom is -0.400 e. The van der Waals surface area contributed by atoms with E-state index in [2.05, 4.69) is 4.98 Å². The van der Waals surface area contributed by atoms with Crippen molar-refractivity contribution in [2.45, 2.75) is 0 Å². The molecule has 3 heteroatoms. The van der Waals surface area contributed by atoms with Gasteiger partial charge in [-0.2, -0.15) is 0 Å². The number of aliphatic hydroxyl groups excluding tert-OH is 1. The highest BCUT2D eigenvalue weighted by molar-refractivity contribution is 4.70. The highest BCUT2D eigenvalue weighted by Gasteiger charge is 1.69. The van der Waals surface area contributed by atoms with E-state index in [-0.39, 0.29) is 0 Å². The van der Waals surface area contributed by atoms with Crippen LogP contribution in [-0.2, 0) is 7.05 Å². The number of nitrogens with zero attached hydrogens (tertiary/aromatic N) is 2. The van der Waals surface area contributed by atoms with Gasteiger partial charge < -0.3 is 9.67 Å². The van der Waals surface area contributed by atoms with Crippen LogP contribution in [0.25, 0.3) is 0 Å². The van der Waals surface area contributed by atoms with Gasteiger partial charge in [0, 0.05) is 26.6 Å². The Morgan fingerprint density at radius 2 is 2.12 bits per heavy atom. The zero-order valence-corrected chi connectivity index (χ0v) is 5.07. The smallest absolute Gasteiger partial charge is 0.0943 e. The number of aromatic nitrogens is 2. The molecular weight excluding hydrogens is 104 g/mol. The number of hydrogen-bond acceptors (Lipinski definition) is 2. The molecule has 0 saturated heterocycles. The average Bonchev–Trinajstić information content (AvgIpc) is 2.24. The van der Waals surface area contributed by atoms with Gasteiger partial charge in [-0.15, -0.1) is 0 Å². The van der Waals surface area contributed by atoms with Gasteiger partial charge >= 0.3 is 0 Å².